The average molecular weight is 395 g/mol. The zero-order chi connectivity index (χ0) is 19.5. The second-order valence-corrected chi connectivity index (χ2v) is 7.30. The van der Waals surface area contributed by atoms with E-state index in [1.807, 2.05) is 30.3 Å². The topological polar surface area (TPSA) is 76.1 Å². The lowest BCUT2D eigenvalue weighted by Gasteiger charge is -2.12. The molecule has 1 aliphatic heterocycles. The van der Waals surface area contributed by atoms with Gasteiger partial charge < -0.3 is 15.0 Å². The number of hydrogen-bond acceptors (Lipinski definition) is 4. The molecule has 2 N–H and O–H groups in total. The maximum absolute atomic E-state index is 12.9. The van der Waals surface area contributed by atoms with Gasteiger partial charge >= 0.3 is 0 Å². The molecular formula is C21H21N3O3S. The molecule has 4 rings (SSSR count). The van der Waals surface area contributed by atoms with E-state index in [1.54, 1.807) is 18.2 Å². The van der Waals surface area contributed by atoms with E-state index in [1.165, 1.54) is 4.57 Å². The molecule has 1 amide bonds. The van der Waals surface area contributed by atoms with Crippen molar-refractivity contribution < 1.29 is 9.53 Å². The Morgan fingerprint density at radius 2 is 2.07 bits per heavy atom. The summed E-state index contributed by atoms with van der Waals surface area (Å²) in [5, 5.41) is 3.39. The highest BCUT2D eigenvalue weighted by Gasteiger charge is 2.17. The van der Waals surface area contributed by atoms with E-state index in [0.717, 1.165) is 25.0 Å². The SMILES string of the molecule is O=C(NC[C@H]1CCCO1)c1ccc2c(=O)n(Cc3ccccc3)c(=S)[nH]c2c1. The van der Waals surface area contributed by atoms with Crippen LogP contribution in [0.4, 0.5) is 0 Å². The molecule has 144 valence electrons. The number of carbonyl (C=O) groups is 1. The quantitative estimate of drug-likeness (QED) is 0.651. The number of aromatic amines is 1. The Balaban J connectivity index is 1.60. The van der Waals surface area contributed by atoms with Crippen molar-refractivity contribution in [2.24, 2.45) is 0 Å². The summed E-state index contributed by atoms with van der Waals surface area (Å²) in [5.74, 6) is -0.190. The van der Waals surface area contributed by atoms with Crippen LogP contribution in [-0.2, 0) is 11.3 Å². The van der Waals surface area contributed by atoms with E-state index in [0.29, 0.717) is 34.3 Å². The summed E-state index contributed by atoms with van der Waals surface area (Å²) in [5.41, 5.74) is 1.86. The van der Waals surface area contributed by atoms with Crippen LogP contribution in [0.2, 0.25) is 0 Å². The largest absolute Gasteiger partial charge is 0.376 e. The third-order valence-corrected chi connectivity index (χ3v) is 5.26. The van der Waals surface area contributed by atoms with Crippen LogP contribution in [0.1, 0.15) is 28.8 Å². The monoisotopic (exact) mass is 395 g/mol. The Morgan fingerprint density at radius 3 is 2.82 bits per heavy atom. The molecule has 6 nitrogen and oxygen atoms in total. The number of benzene rings is 2. The average Bonchev–Trinajstić information content (AvgIpc) is 3.23. The van der Waals surface area contributed by atoms with Crippen LogP contribution in [0.5, 0.6) is 0 Å². The number of fused-ring (bicyclic) bond motifs is 1. The molecule has 0 unspecified atom stereocenters. The van der Waals surface area contributed by atoms with Crippen LogP contribution in [0.3, 0.4) is 0 Å². The third-order valence-electron chi connectivity index (χ3n) is 4.94. The van der Waals surface area contributed by atoms with Crippen molar-refractivity contribution in [2.45, 2.75) is 25.5 Å². The second-order valence-electron chi connectivity index (χ2n) is 6.91. The number of rotatable bonds is 5. The van der Waals surface area contributed by atoms with E-state index in [4.69, 9.17) is 17.0 Å². The first-order valence-corrected chi connectivity index (χ1v) is 9.73. The van der Waals surface area contributed by atoms with Crippen LogP contribution in [-0.4, -0.2) is 34.7 Å². The van der Waals surface area contributed by atoms with Crippen LogP contribution in [0.25, 0.3) is 10.9 Å². The predicted octanol–water partition coefficient (Wildman–Crippen LogP) is 3.02. The highest BCUT2D eigenvalue weighted by atomic mass is 32.1. The van der Waals surface area contributed by atoms with Crippen LogP contribution >= 0.6 is 12.2 Å². The molecule has 0 bridgehead atoms. The first-order valence-electron chi connectivity index (χ1n) is 9.32. The normalized spacial score (nSPS) is 16.4. The third kappa shape index (κ3) is 3.90. The summed E-state index contributed by atoms with van der Waals surface area (Å²) in [4.78, 5) is 28.4. The summed E-state index contributed by atoms with van der Waals surface area (Å²) < 4.78 is 7.39. The highest BCUT2D eigenvalue weighted by molar-refractivity contribution is 7.71. The summed E-state index contributed by atoms with van der Waals surface area (Å²) in [6.07, 6.45) is 2.08. The van der Waals surface area contributed by atoms with E-state index in [9.17, 15) is 9.59 Å². The molecule has 0 saturated carbocycles. The molecule has 1 atom stereocenters. The number of hydrogen-bond donors (Lipinski definition) is 2. The number of nitrogens with zero attached hydrogens (tertiary/aromatic N) is 1. The molecule has 2 heterocycles. The van der Waals surface area contributed by atoms with Gasteiger partial charge in [-0.15, -0.1) is 0 Å². The molecular weight excluding hydrogens is 374 g/mol. The van der Waals surface area contributed by atoms with E-state index in [2.05, 4.69) is 10.3 Å². The summed E-state index contributed by atoms with van der Waals surface area (Å²) in [6.45, 7) is 1.64. The van der Waals surface area contributed by atoms with Gasteiger partial charge in [-0.05, 0) is 48.8 Å². The lowest BCUT2D eigenvalue weighted by Crippen LogP contribution is -2.31. The van der Waals surface area contributed by atoms with Gasteiger partial charge in [0.15, 0.2) is 4.77 Å². The second kappa shape index (κ2) is 8.08. The molecule has 0 aliphatic carbocycles. The number of nitrogens with one attached hydrogen (secondary N) is 2. The number of aromatic nitrogens is 2. The van der Waals surface area contributed by atoms with Crippen molar-refractivity contribution in [3.05, 3.63) is 74.8 Å². The summed E-state index contributed by atoms with van der Waals surface area (Å²) in [7, 11) is 0. The zero-order valence-corrected chi connectivity index (χ0v) is 16.1. The van der Waals surface area contributed by atoms with Gasteiger partial charge in [-0.1, -0.05) is 30.3 Å². The minimum Gasteiger partial charge on any atom is -0.376 e. The molecule has 1 fully saturated rings. The molecule has 28 heavy (non-hydrogen) atoms. The first-order chi connectivity index (χ1) is 13.6. The van der Waals surface area contributed by atoms with Gasteiger partial charge in [0, 0.05) is 18.7 Å². The Bertz CT molecular complexity index is 1120. The lowest BCUT2D eigenvalue weighted by atomic mass is 10.1. The Morgan fingerprint density at radius 1 is 1.25 bits per heavy atom. The van der Waals surface area contributed by atoms with Crippen molar-refractivity contribution in [3.8, 4) is 0 Å². The Hall–Kier alpha value is -2.77. The van der Waals surface area contributed by atoms with Crippen molar-refractivity contribution in [1.29, 1.82) is 0 Å². The fraction of sp³-hybridized carbons (Fsp3) is 0.286. The minimum atomic E-state index is -0.190. The van der Waals surface area contributed by atoms with Gasteiger partial charge in [-0.25, -0.2) is 0 Å². The van der Waals surface area contributed by atoms with Crippen molar-refractivity contribution in [2.75, 3.05) is 13.2 Å². The number of H-pyrrole nitrogens is 1. The standard InChI is InChI=1S/C21H21N3O3S/c25-19(22-12-16-7-4-10-27-16)15-8-9-17-18(11-15)23-21(28)24(20(17)26)13-14-5-2-1-3-6-14/h1-3,5-6,8-9,11,16H,4,7,10,12-13H2,(H,22,25)(H,23,28)/t16-/m1/s1. The van der Waals surface area contributed by atoms with E-state index >= 15 is 0 Å². The van der Waals surface area contributed by atoms with Crippen LogP contribution in [0.15, 0.2) is 53.3 Å². The number of amides is 1. The van der Waals surface area contributed by atoms with E-state index in [-0.39, 0.29) is 17.6 Å². The van der Waals surface area contributed by atoms with Crippen molar-refractivity contribution >= 4 is 29.0 Å². The maximum atomic E-state index is 12.9. The first kappa shape index (κ1) is 18.6. The van der Waals surface area contributed by atoms with Gasteiger partial charge in [0.1, 0.15) is 0 Å². The van der Waals surface area contributed by atoms with Crippen molar-refractivity contribution in [1.82, 2.24) is 14.9 Å². The predicted molar refractivity (Wildman–Crippen MR) is 110 cm³/mol. The lowest BCUT2D eigenvalue weighted by molar-refractivity contribution is 0.0858. The van der Waals surface area contributed by atoms with Gasteiger partial charge in [-0.2, -0.15) is 0 Å². The molecule has 2 aromatic carbocycles. The minimum absolute atomic E-state index is 0.0837. The zero-order valence-electron chi connectivity index (χ0n) is 15.3. The summed E-state index contributed by atoms with van der Waals surface area (Å²) in [6, 6.07) is 14.7. The highest BCUT2D eigenvalue weighted by Crippen LogP contribution is 2.13. The molecule has 1 aromatic heterocycles. The fourth-order valence-electron chi connectivity index (χ4n) is 3.42. The van der Waals surface area contributed by atoms with Gasteiger partial charge in [0.25, 0.3) is 11.5 Å². The number of ether oxygens (including phenoxy) is 1. The smallest absolute Gasteiger partial charge is 0.262 e. The van der Waals surface area contributed by atoms with Crippen LogP contribution in [0, 0.1) is 4.77 Å². The van der Waals surface area contributed by atoms with Crippen molar-refractivity contribution in [3.63, 3.8) is 0 Å². The molecule has 0 spiro atoms. The van der Waals surface area contributed by atoms with Gasteiger partial charge in [0.05, 0.1) is 23.6 Å². The van der Waals surface area contributed by atoms with E-state index < -0.39 is 0 Å². The molecule has 7 heteroatoms. The molecule has 1 saturated heterocycles. The molecule has 3 aromatic rings. The fourth-order valence-corrected chi connectivity index (χ4v) is 3.68. The maximum Gasteiger partial charge on any atom is 0.262 e. The summed E-state index contributed by atoms with van der Waals surface area (Å²) >= 11 is 5.39. The Kier molecular flexibility index (Phi) is 5.36. The van der Waals surface area contributed by atoms with Crippen LogP contribution < -0.4 is 10.9 Å². The van der Waals surface area contributed by atoms with Gasteiger partial charge in [0.2, 0.25) is 0 Å². The Labute approximate surface area is 167 Å². The molecule has 0 radical (unpaired) electrons. The number of carbonyl (C=O) groups excluding carboxylic acids is 1. The van der Waals surface area contributed by atoms with Gasteiger partial charge in [-0.3, -0.25) is 14.2 Å². The molecule has 1 aliphatic rings.